The molecule has 1 aliphatic rings. The minimum atomic E-state index is 0.0541. The maximum absolute atomic E-state index is 6.54. The Morgan fingerprint density at radius 2 is 1.94 bits per heavy atom. The first-order chi connectivity index (χ1) is 8.25. The molecule has 1 aromatic rings. The van der Waals surface area contributed by atoms with Gasteiger partial charge in [-0.15, -0.1) is 0 Å². The first-order valence-electron chi connectivity index (χ1n) is 6.72. The van der Waals surface area contributed by atoms with Crippen LogP contribution in [-0.2, 0) is 6.54 Å². The molecule has 1 atom stereocenters. The fraction of sp³-hybridized carbons (Fsp3) is 0.786. The number of hydrogen-bond donors (Lipinski definition) is 1. The van der Waals surface area contributed by atoms with Gasteiger partial charge in [0.15, 0.2) is 0 Å². The Morgan fingerprint density at radius 1 is 1.39 bits per heavy atom. The normalized spacial score (nSPS) is 23.1. The van der Waals surface area contributed by atoms with Crippen LogP contribution in [0.25, 0.3) is 0 Å². The molecule has 1 fully saturated rings. The van der Waals surface area contributed by atoms with Gasteiger partial charge in [-0.25, -0.2) is 0 Å². The van der Waals surface area contributed by atoms with Crippen LogP contribution in [0.5, 0.6) is 0 Å². The molecule has 0 spiro atoms. The summed E-state index contributed by atoms with van der Waals surface area (Å²) < 4.78 is 3.10. The maximum Gasteiger partial charge on any atom is 0.0696 e. The van der Waals surface area contributed by atoms with Gasteiger partial charge in [-0.3, -0.25) is 4.68 Å². The predicted molar refractivity (Wildman–Crippen MR) is 78.2 cm³/mol. The third-order valence-electron chi connectivity index (χ3n) is 5.08. The summed E-state index contributed by atoms with van der Waals surface area (Å²) in [7, 11) is 0. The monoisotopic (exact) mass is 313 g/mol. The Bertz CT molecular complexity index is 434. The summed E-state index contributed by atoms with van der Waals surface area (Å²) in [6, 6.07) is 0.0541. The van der Waals surface area contributed by atoms with Crippen molar-refractivity contribution in [1.29, 1.82) is 0 Å². The first kappa shape index (κ1) is 14.1. The minimum Gasteiger partial charge on any atom is -0.322 e. The molecular weight excluding hydrogens is 290 g/mol. The van der Waals surface area contributed by atoms with E-state index in [4.69, 9.17) is 5.73 Å². The Balaban J connectivity index is 2.31. The van der Waals surface area contributed by atoms with Crippen LogP contribution in [0.4, 0.5) is 0 Å². The van der Waals surface area contributed by atoms with E-state index in [1.54, 1.807) is 0 Å². The van der Waals surface area contributed by atoms with Crippen molar-refractivity contribution in [1.82, 2.24) is 9.78 Å². The topological polar surface area (TPSA) is 43.8 Å². The highest BCUT2D eigenvalue weighted by Gasteiger charge is 2.67. The zero-order valence-corrected chi connectivity index (χ0v) is 13.6. The number of nitrogens with zero attached hydrogens (tertiary/aromatic N) is 2. The lowest BCUT2D eigenvalue weighted by Gasteiger charge is -2.17. The van der Waals surface area contributed by atoms with Crippen molar-refractivity contribution in [2.24, 2.45) is 22.5 Å². The molecule has 0 saturated heterocycles. The lowest BCUT2D eigenvalue weighted by Crippen LogP contribution is -2.21. The molecule has 0 amide bonds. The molecule has 4 heteroatoms. The number of rotatable bonds is 4. The van der Waals surface area contributed by atoms with E-state index in [1.165, 1.54) is 0 Å². The summed E-state index contributed by atoms with van der Waals surface area (Å²) in [5, 5.41) is 4.42. The van der Waals surface area contributed by atoms with E-state index in [2.05, 4.69) is 60.3 Å². The highest BCUT2D eigenvalue weighted by Crippen LogP contribution is 2.72. The molecule has 1 unspecified atom stereocenters. The lowest BCUT2D eigenvalue weighted by atomic mass is 10.0. The van der Waals surface area contributed by atoms with E-state index in [-0.39, 0.29) is 6.04 Å². The molecule has 1 aromatic heterocycles. The second kappa shape index (κ2) is 4.34. The van der Waals surface area contributed by atoms with Crippen molar-refractivity contribution in [3.8, 4) is 0 Å². The molecule has 2 N–H and O–H groups in total. The summed E-state index contributed by atoms with van der Waals surface area (Å²) in [4.78, 5) is 0. The Labute approximate surface area is 118 Å². The molecular formula is C14H24BrN3. The molecule has 2 rings (SSSR count). The standard InChI is InChI=1S/C14H24BrN3/c1-6-7-18-11(9(15)8-17-18)10(16)12-13(2,3)14(12,4)5/h8,10,12H,6-7,16H2,1-5H3. The second-order valence-corrected chi connectivity index (χ2v) is 7.40. The first-order valence-corrected chi connectivity index (χ1v) is 7.51. The molecule has 1 heterocycles. The predicted octanol–water partition coefficient (Wildman–Crippen LogP) is 3.74. The molecule has 0 aromatic carbocycles. The van der Waals surface area contributed by atoms with Gasteiger partial charge in [0.1, 0.15) is 0 Å². The zero-order valence-electron chi connectivity index (χ0n) is 12.0. The van der Waals surface area contributed by atoms with Gasteiger partial charge < -0.3 is 5.73 Å². The highest BCUT2D eigenvalue weighted by molar-refractivity contribution is 9.10. The Morgan fingerprint density at radius 3 is 2.39 bits per heavy atom. The maximum atomic E-state index is 6.54. The quantitative estimate of drug-likeness (QED) is 0.920. The van der Waals surface area contributed by atoms with Crippen LogP contribution in [0.3, 0.4) is 0 Å². The van der Waals surface area contributed by atoms with Gasteiger partial charge in [0.2, 0.25) is 0 Å². The molecule has 0 aliphatic heterocycles. The smallest absolute Gasteiger partial charge is 0.0696 e. The van der Waals surface area contributed by atoms with E-state index in [0.29, 0.717) is 16.7 Å². The number of halogens is 1. The van der Waals surface area contributed by atoms with E-state index in [9.17, 15) is 0 Å². The third kappa shape index (κ3) is 1.85. The highest BCUT2D eigenvalue weighted by atomic mass is 79.9. The number of nitrogens with two attached hydrogens (primary N) is 1. The van der Waals surface area contributed by atoms with Crippen LogP contribution in [0.1, 0.15) is 52.8 Å². The Hall–Kier alpha value is -0.350. The Kier molecular flexibility index (Phi) is 3.39. The summed E-state index contributed by atoms with van der Waals surface area (Å²) in [6.07, 6.45) is 2.94. The van der Waals surface area contributed by atoms with E-state index < -0.39 is 0 Å². The summed E-state index contributed by atoms with van der Waals surface area (Å²) in [6.45, 7) is 12.3. The fourth-order valence-electron chi connectivity index (χ4n) is 3.40. The molecule has 3 nitrogen and oxygen atoms in total. The van der Waals surface area contributed by atoms with Gasteiger partial charge in [0, 0.05) is 6.54 Å². The molecule has 0 radical (unpaired) electrons. The van der Waals surface area contributed by atoms with Crippen LogP contribution in [0.2, 0.25) is 0 Å². The molecule has 1 saturated carbocycles. The van der Waals surface area contributed by atoms with Crippen molar-refractivity contribution in [2.75, 3.05) is 0 Å². The van der Waals surface area contributed by atoms with Crippen molar-refractivity contribution in [3.05, 3.63) is 16.4 Å². The van der Waals surface area contributed by atoms with Crippen LogP contribution in [0, 0.1) is 16.7 Å². The van der Waals surface area contributed by atoms with Crippen molar-refractivity contribution in [3.63, 3.8) is 0 Å². The van der Waals surface area contributed by atoms with Gasteiger partial charge in [0.05, 0.1) is 22.4 Å². The SMILES string of the molecule is CCCn1ncc(Br)c1C(N)C1C(C)(C)C1(C)C. The number of hydrogen-bond acceptors (Lipinski definition) is 2. The average molecular weight is 314 g/mol. The second-order valence-electron chi connectivity index (χ2n) is 6.55. The van der Waals surface area contributed by atoms with E-state index in [1.807, 2.05) is 6.20 Å². The number of aromatic nitrogens is 2. The van der Waals surface area contributed by atoms with Crippen molar-refractivity contribution < 1.29 is 0 Å². The van der Waals surface area contributed by atoms with Gasteiger partial charge in [-0.2, -0.15) is 5.10 Å². The molecule has 18 heavy (non-hydrogen) atoms. The van der Waals surface area contributed by atoms with Crippen LogP contribution in [0.15, 0.2) is 10.7 Å². The van der Waals surface area contributed by atoms with Gasteiger partial charge in [0.25, 0.3) is 0 Å². The largest absolute Gasteiger partial charge is 0.322 e. The summed E-state index contributed by atoms with van der Waals surface area (Å²) >= 11 is 3.60. The van der Waals surface area contributed by atoms with Crippen molar-refractivity contribution in [2.45, 2.75) is 53.6 Å². The summed E-state index contributed by atoms with van der Waals surface area (Å²) in [5.41, 5.74) is 8.29. The van der Waals surface area contributed by atoms with E-state index in [0.717, 1.165) is 23.1 Å². The summed E-state index contributed by atoms with van der Waals surface area (Å²) in [5.74, 6) is 0.508. The van der Waals surface area contributed by atoms with Gasteiger partial charge >= 0.3 is 0 Å². The van der Waals surface area contributed by atoms with Gasteiger partial charge in [-0.05, 0) is 39.1 Å². The van der Waals surface area contributed by atoms with Gasteiger partial charge in [-0.1, -0.05) is 34.6 Å². The molecule has 0 bridgehead atoms. The minimum absolute atomic E-state index is 0.0541. The fourth-order valence-corrected chi connectivity index (χ4v) is 3.96. The van der Waals surface area contributed by atoms with E-state index >= 15 is 0 Å². The lowest BCUT2D eigenvalue weighted by molar-refractivity contribution is 0.452. The zero-order chi connectivity index (χ0) is 13.7. The molecule has 102 valence electrons. The third-order valence-corrected chi connectivity index (χ3v) is 5.69. The van der Waals surface area contributed by atoms with Crippen molar-refractivity contribution >= 4 is 15.9 Å². The van der Waals surface area contributed by atoms with Crippen LogP contribution < -0.4 is 5.73 Å². The van der Waals surface area contributed by atoms with Crippen LogP contribution >= 0.6 is 15.9 Å². The number of aryl methyl sites for hydroxylation is 1. The van der Waals surface area contributed by atoms with Crippen LogP contribution in [-0.4, -0.2) is 9.78 Å². The average Bonchev–Trinajstić information content (AvgIpc) is 2.55. The molecule has 1 aliphatic carbocycles.